The summed E-state index contributed by atoms with van der Waals surface area (Å²) in [5.41, 5.74) is 2.62. The summed E-state index contributed by atoms with van der Waals surface area (Å²) in [5.74, 6) is 0.382. The molecule has 0 aliphatic carbocycles. The summed E-state index contributed by atoms with van der Waals surface area (Å²) in [6.07, 6.45) is 1.31. The van der Waals surface area contributed by atoms with Crippen molar-refractivity contribution in [1.82, 2.24) is 0 Å². The van der Waals surface area contributed by atoms with E-state index in [-0.39, 0.29) is 12.6 Å². The Labute approximate surface area is 178 Å². The lowest BCUT2D eigenvalue weighted by molar-refractivity contribution is 0.0509. The zero-order valence-corrected chi connectivity index (χ0v) is 17.6. The predicted octanol–water partition coefficient (Wildman–Crippen LogP) is 6.12. The zero-order valence-electron chi connectivity index (χ0n) is 15.2. The van der Waals surface area contributed by atoms with Crippen LogP contribution in [-0.2, 0) is 17.6 Å². The van der Waals surface area contributed by atoms with Crippen molar-refractivity contribution in [3.8, 4) is 5.75 Å². The Morgan fingerprint density at radius 2 is 1.54 bits per heavy atom. The van der Waals surface area contributed by atoms with Gasteiger partial charge in [-0.25, -0.2) is 4.79 Å². The van der Waals surface area contributed by atoms with Crippen molar-refractivity contribution >= 4 is 33.5 Å². The molecule has 0 N–H and O–H groups in total. The van der Waals surface area contributed by atoms with E-state index in [1.807, 2.05) is 30.3 Å². The molecule has 144 valence electrons. The van der Waals surface area contributed by atoms with Crippen LogP contribution in [0.4, 0.5) is 0 Å². The number of esters is 1. The highest BCUT2D eigenvalue weighted by Gasteiger charge is 2.13. The molecule has 3 rings (SSSR count). The average molecular weight is 460 g/mol. The van der Waals surface area contributed by atoms with E-state index in [9.17, 15) is 4.79 Å². The van der Waals surface area contributed by atoms with E-state index in [2.05, 4.69) is 28.1 Å². The second kappa shape index (κ2) is 10.3. The summed E-state index contributed by atoms with van der Waals surface area (Å²) in [4.78, 5) is 12.1. The molecule has 0 heterocycles. The summed E-state index contributed by atoms with van der Waals surface area (Å²) in [6, 6.07) is 22.8. The molecular formula is C23H20BrClO3. The van der Waals surface area contributed by atoms with Gasteiger partial charge in [0, 0.05) is 17.9 Å². The standard InChI is InChI=1S/C23H20BrClO3/c24-22-19(14-16-28-23(26)18-9-5-2-6-10-18)20(25)11-12-21(22)27-15-13-17-7-3-1-4-8-17/h1-12H,13-16H2. The molecule has 3 aromatic rings. The third-order valence-corrected chi connectivity index (χ3v) is 5.46. The number of benzene rings is 3. The lowest BCUT2D eigenvalue weighted by atomic mass is 10.1. The zero-order chi connectivity index (χ0) is 19.8. The SMILES string of the molecule is O=C(OCCc1c(Cl)ccc(OCCc2ccccc2)c1Br)c1ccccc1. The monoisotopic (exact) mass is 458 g/mol. The molecule has 0 fully saturated rings. The highest BCUT2D eigenvalue weighted by atomic mass is 79.9. The maximum atomic E-state index is 12.1. The highest BCUT2D eigenvalue weighted by molar-refractivity contribution is 9.10. The van der Waals surface area contributed by atoms with Crippen LogP contribution in [0, 0.1) is 0 Å². The Morgan fingerprint density at radius 3 is 2.25 bits per heavy atom. The van der Waals surface area contributed by atoms with Gasteiger partial charge in [0.05, 0.1) is 23.2 Å². The molecule has 0 saturated heterocycles. The van der Waals surface area contributed by atoms with E-state index < -0.39 is 0 Å². The lowest BCUT2D eigenvalue weighted by Crippen LogP contribution is -2.09. The maximum Gasteiger partial charge on any atom is 0.338 e. The molecule has 0 bridgehead atoms. The van der Waals surface area contributed by atoms with Crippen molar-refractivity contribution < 1.29 is 14.3 Å². The normalized spacial score (nSPS) is 10.5. The number of hydrogen-bond donors (Lipinski definition) is 0. The third-order valence-electron chi connectivity index (χ3n) is 4.24. The molecular weight excluding hydrogens is 440 g/mol. The van der Waals surface area contributed by atoms with Crippen LogP contribution in [0.1, 0.15) is 21.5 Å². The number of ether oxygens (including phenoxy) is 2. The Bertz CT molecular complexity index is 914. The van der Waals surface area contributed by atoms with E-state index >= 15 is 0 Å². The third kappa shape index (κ3) is 5.60. The van der Waals surface area contributed by atoms with Crippen LogP contribution in [0.3, 0.4) is 0 Å². The molecule has 0 saturated carbocycles. The molecule has 0 spiro atoms. The van der Waals surface area contributed by atoms with Crippen LogP contribution < -0.4 is 4.74 Å². The van der Waals surface area contributed by atoms with Crippen molar-refractivity contribution in [2.24, 2.45) is 0 Å². The summed E-state index contributed by atoms with van der Waals surface area (Å²) in [6.45, 7) is 0.798. The van der Waals surface area contributed by atoms with Crippen molar-refractivity contribution in [2.75, 3.05) is 13.2 Å². The number of carbonyl (C=O) groups is 1. The molecule has 28 heavy (non-hydrogen) atoms. The van der Waals surface area contributed by atoms with Gasteiger partial charge in [0.25, 0.3) is 0 Å². The number of carbonyl (C=O) groups excluding carboxylic acids is 1. The molecule has 0 aliphatic heterocycles. The Morgan fingerprint density at radius 1 is 0.857 bits per heavy atom. The number of halogens is 2. The molecule has 5 heteroatoms. The Balaban J connectivity index is 1.57. The summed E-state index contributed by atoms with van der Waals surface area (Å²) in [7, 11) is 0. The van der Waals surface area contributed by atoms with E-state index in [4.69, 9.17) is 21.1 Å². The lowest BCUT2D eigenvalue weighted by Gasteiger charge is -2.13. The van der Waals surface area contributed by atoms with Crippen LogP contribution in [0.2, 0.25) is 5.02 Å². The smallest absolute Gasteiger partial charge is 0.338 e. The van der Waals surface area contributed by atoms with Crippen LogP contribution in [-0.4, -0.2) is 19.2 Å². The molecule has 0 amide bonds. The van der Waals surface area contributed by atoms with Crippen molar-refractivity contribution in [3.05, 3.63) is 99.0 Å². The van der Waals surface area contributed by atoms with Crippen LogP contribution in [0.15, 0.2) is 77.3 Å². The molecule has 0 atom stereocenters. The van der Waals surface area contributed by atoms with Gasteiger partial charge in [-0.2, -0.15) is 0 Å². The highest BCUT2D eigenvalue weighted by Crippen LogP contribution is 2.34. The van der Waals surface area contributed by atoms with Crippen LogP contribution >= 0.6 is 27.5 Å². The molecule has 3 nitrogen and oxygen atoms in total. The van der Waals surface area contributed by atoms with Crippen molar-refractivity contribution in [1.29, 1.82) is 0 Å². The van der Waals surface area contributed by atoms with Gasteiger partial charge in [-0.3, -0.25) is 0 Å². The van der Waals surface area contributed by atoms with Crippen LogP contribution in [0.25, 0.3) is 0 Å². The molecule has 3 aromatic carbocycles. The topological polar surface area (TPSA) is 35.5 Å². The summed E-state index contributed by atoms with van der Waals surface area (Å²) >= 11 is 9.92. The van der Waals surface area contributed by atoms with E-state index in [0.29, 0.717) is 23.6 Å². The fourth-order valence-corrected chi connectivity index (χ4v) is 3.77. The number of hydrogen-bond acceptors (Lipinski definition) is 3. The van der Waals surface area contributed by atoms with Crippen LogP contribution in [0.5, 0.6) is 5.75 Å². The first-order chi connectivity index (χ1) is 13.6. The first kappa shape index (κ1) is 20.4. The minimum Gasteiger partial charge on any atom is -0.492 e. The first-order valence-corrected chi connectivity index (χ1v) is 10.2. The predicted molar refractivity (Wildman–Crippen MR) is 115 cm³/mol. The Hall–Kier alpha value is -2.30. The summed E-state index contributed by atoms with van der Waals surface area (Å²) < 4.78 is 12.1. The summed E-state index contributed by atoms with van der Waals surface area (Å²) in [5, 5.41) is 0.609. The molecule has 0 aromatic heterocycles. The minimum atomic E-state index is -0.344. The Kier molecular flexibility index (Phi) is 7.52. The number of rotatable bonds is 8. The average Bonchev–Trinajstić information content (AvgIpc) is 2.73. The molecule has 0 unspecified atom stereocenters. The maximum absolute atomic E-state index is 12.1. The van der Waals surface area contributed by atoms with Gasteiger partial charge in [0.15, 0.2) is 0 Å². The van der Waals surface area contributed by atoms with Gasteiger partial charge < -0.3 is 9.47 Å². The van der Waals surface area contributed by atoms with E-state index in [1.165, 1.54) is 5.56 Å². The van der Waals surface area contributed by atoms with Gasteiger partial charge in [-0.05, 0) is 51.3 Å². The fraction of sp³-hybridized carbons (Fsp3) is 0.174. The molecule has 0 aliphatic rings. The second-order valence-electron chi connectivity index (χ2n) is 6.17. The van der Waals surface area contributed by atoms with Gasteiger partial charge >= 0.3 is 5.97 Å². The first-order valence-electron chi connectivity index (χ1n) is 9.01. The largest absolute Gasteiger partial charge is 0.492 e. The van der Waals surface area contributed by atoms with Gasteiger partial charge in [0.1, 0.15) is 5.75 Å². The minimum absolute atomic E-state index is 0.236. The fourth-order valence-electron chi connectivity index (χ4n) is 2.74. The molecule has 0 radical (unpaired) electrons. The van der Waals surface area contributed by atoms with E-state index in [1.54, 1.807) is 30.3 Å². The quantitative estimate of drug-likeness (QED) is 0.380. The second-order valence-corrected chi connectivity index (χ2v) is 7.37. The van der Waals surface area contributed by atoms with Crippen molar-refractivity contribution in [2.45, 2.75) is 12.8 Å². The van der Waals surface area contributed by atoms with Gasteiger partial charge in [0.2, 0.25) is 0 Å². The van der Waals surface area contributed by atoms with Gasteiger partial charge in [-0.1, -0.05) is 60.1 Å². The van der Waals surface area contributed by atoms with Gasteiger partial charge in [-0.15, -0.1) is 0 Å². The van der Waals surface area contributed by atoms with E-state index in [0.717, 1.165) is 22.2 Å². The van der Waals surface area contributed by atoms with Crippen molar-refractivity contribution in [3.63, 3.8) is 0 Å².